The van der Waals surface area contributed by atoms with E-state index >= 15 is 0 Å². The highest BCUT2D eigenvalue weighted by Gasteiger charge is 2.34. The van der Waals surface area contributed by atoms with Gasteiger partial charge in [-0.2, -0.15) is 0 Å². The second-order valence-corrected chi connectivity index (χ2v) is 13.2. The predicted octanol–water partition coefficient (Wildman–Crippen LogP) is 8.79. The summed E-state index contributed by atoms with van der Waals surface area (Å²) < 4.78 is 17.9. The van der Waals surface area contributed by atoms with Crippen LogP contribution >= 0.6 is 0 Å². The Morgan fingerprint density at radius 1 is 0.691 bits per heavy atom. The van der Waals surface area contributed by atoms with E-state index in [1.54, 1.807) is 29.0 Å². The number of carbonyl (C=O) groups is 2. The second kappa shape index (κ2) is 17.9. The first-order valence-electron chi connectivity index (χ1n) is 19.0. The highest BCUT2D eigenvalue weighted by Crippen LogP contribution is 2.40. The smallest absolute Gasteiger partial charge is 0.260 e. The van der Waals surface area contributed by atoms with E-state index in [2.05, 4.69) is 24.3 Å². The lowest BCUT2D eigenvalue weighted by molar-refractivity contribution is 0.0809. The van der Waals surface area contributed by atoms with Crippen LogP contribution in [0.4, 0.5) is 11.4 Å². The molecule has 10 heteroatoms. The van der Waals surface area contributed by atoms with Crippen LogP contribution in [0.15, 0.2) is 107 Å². The molecule has 0 spiro atoms. The van der Waals surface area contributed by atoms with Gasteiger partial charge in [-0.05, 0) is 53.4 Å². The quantitative estimate of drug-likeness (QED) is 0.172. The summed E-state index contributed by atoms with van der Waals surface area (Å²) in [5, 5.41) is 0. The molecule has 2 amide bonds. The van der Waals surface area contributed by atoms with Gasteiger partial charge >= 0.3 is 0 Å². The Morgan fingerprint density at radius 3 is 1.64 bits per heavy atom. The Labute approximate surface area is 323 Å². The minimum atomic E-state index is -0.153. The molecule has 0 saturated heterocycles. The molecule has 0 bridgehead atoms. The van der Waals surface area contributed by atoms with E-state index in [-0.39, 0.29) is 23.9 Å². The van der Waals surface area contributed by atoms with E-state index in [9.17, 15) is 9.59 Å². The molecule has 0 saturated carbocycles. The lowest BCUT2D eigenvalue weighted by Crippen LogP contribution is -2.32. The first-order chi connectivity index (χ1) is 26.9. The molecule has 55 heavy (non-hydrogen) atoms. The van der Waals surface area contributed by atoms with Crippen LogP contribution in [0.5, 0.6) is 17.2 Å². The minimum Gasteiger partial charge on any atom is -0.493 e. The first kappa shape index (κ1) is 38.7. The van der Waals surface area contributed by atoms with Gasteiger partial charge in [0.25, 0.3) is 11.8 Å². The van der Waals surface area contributed by atoms with Gasteiger partial charge in [0.2, 0.25) is 0 Å². The third kappa shape index (κ3) is 8.39. The standard InChI is InChI=1S/C41H36N4O5.C2H7N.C2H6/c1-26-16-33-35(42-22-31-17-29(24-44(31)40(33)46)27-10-5-3-6-11-27)20-37(26)49-14-9-15-50-39-21-36-34(19-38(39)48-2)41(47)45-25-30(18-32(45)23-43-36)28-12-7-4-8-13-28;1-2-3;1-2/h3-8,10-13,16,19-25,31-32H,9,14-15,17-18H2,1-2H3;2-3H2,1H3;1-2H3/t31-,32-;;/m0../s1. The molecule has 0 fully saturated rings. The predicted molar refractivity (Wildman–Crippen MR) is 220 cm³/mol. The van der Waals surface area contributed by atoms with Crippen LogP contribution < -0.4 is 19.9 Å². The molecule has 4 aliphatic heterocycles. The molecule has 4 aromatic carbocycles. The zero-order valence-corrected chi connectivity index (χ0v) is 32.2. The van der Waals surface area contributed by atoms with Crippen molar-refractivity contribution < 1.29 is 23.8 Å². The molecular formula is C45H49N5O5. The number of benzene rings is 4. The summed E-state index contributed by atoms with van der Waals surface area (Å²) in [5.41, 5.74) is 12.3. The van der Waals surface area contributed by atoms with Crippen LogP contribution in [0.25, 0.3) is 11.1 Å². The molecule has 4 heterocycles. The Balaban J connectivity index is 0.000000982. The van der Waals surface area contributed by atoms with Gasteiger partial charge in [0.1, 0.15) is 5.75 Å². The third-order valence-electron chi connectivity index (χ3n) is 9.53. The van der Waals surface area contributed by atoms with Gasteiger partial charge < -0.3 is 29.7 Å². The van der Waals surface area contributed by atoms with Gasteiger partial charge in [-0.25, -0.2) is 0 Å². The van der Waals surface area contributed by atoms with Gasteiger partial charge in [-0.3, -0.25) is 19.6 Å². The van der Waals surface area contributed by atoms with Crippen molar-refractivity contribution in [2.24, 2.45) is 15.7 Å². The number of aliphatic imine (C=N–C) groups is 2. The van der Waals surface area contributed by atoms with E-state index in [0.717, 1.165) is 40.8 Å². The van der Waals surface area contributed by atoms with Crippen molar-refractivity contribution in [3.05, 3.63) is 125 Å². The molecule has 0 aliphatic carbocycles. The number of carbonyl (C=O) groups excluding carboxylic acids is 2. The molecular weight excluding hydrogens is 691 g/mol. The SMILES string of the molecule is CC.CCN.COc1cc2c(cc1OCCCOc1cc3c(cc1C)C(=O)N1C=C(c4ccccc4)C[C@H]1C=N3)N=C[C@@H]1CC(c3ccccc3)=CN1C2=O. The summed E-state index contributed by atoms with van der Waals surface area (Å²) in [7, 11) is 1.56. The zero-order valence-electron chi connectivity index (χ0n) is 32.2. The molecule has 4 aromatic rings. The maximum atomic E-state index is 13.6. The number of nitrogens with zero attached hydrogens (tertiary/aromatic N) is 4. The van der Waals surface area contributed by atoms with Gasteiger partial charge in [-0.1, -0.05) is 81.4 Å². The fourth-order valence-corrected chi connectivity index (χ4v) is 6.88. The average Bonchev–Trinajstić information content (AvgIpc) is 3.80. The minimum absolute atomic E-state index is 0.0639. The van der Waals surface area contributed by atoms with E-state index in [1.165, 1.54) is 0 Å². The Morgan fingerprint density at radius 2 is 1.15 bits per heavy atom. The number of amides is 2. The molecule has 10 nitrogen and oxygen atoms in total. The van der Waals surface area contributed by atoms with Gasteiger partial charge in [0, 0.05) is 56.2 Å². The highest BCUT2D eigenvalue weighted by atomic mass is 16.5. The van der Waals surface area contributed by atoms with Crippen LogP contribution in [-0.4, -0.2) is 73.0 Å². The number of methoxy groups -OCH3 is 1. The molecule has 0 aromatic heterocycles. The first-order valence-corrected chi connectivity index (χ1v) is 19.0. The van der Waals surface area contributed by atoms with Crippen molar-refractivity contribution in [3.63, 3.8) is 0 Å². The van der Waals surface area contributed by atoms with Crippen molar-refractivity contribution in [2.45, 2.75) is 59.0 Å². The average molecular weight is 740 g/mol. The van der Waals surface area contributed by atoms with Gasteiger partial charge in [0.15, 0.2) is 11.5 Å². The van der Waals surface area contributed by atoms with Crippen LogP contribution in [-0.2, 0) is 0 Å². The van der Waals surface area contributed by atoms with Crippen LogP contribution in [0, 0.1) is 6.92 Å². The summed E-state index contributed by atoms with van der Waals surface area (Å²) in [6, 6.07) is 27.1. The number of ether oxygens (including phenoxy) is 3. The van der Waals surface area contributed by atoms with E-state index in [0.29, 0.717) is 65.8 Å². The van der Waals surface area contributed by atoms with Crippen LogP contribution in [0.1, 0.15) is 77.4 Å². The molecule has 284 valence electrons. The van der Waals surface area contributed by atoms with Crippen molar-refractivity contribution in [2.75, 3.05) is 26.9 Å². The second-order valence-electron chi connectivity index (χ2n) is 13.2. The highest BCUT2D eigenvalue weighted by molar-refractivity contribution is 6.06. The van der Waals surface area contributed by atoms with Crippen LogP contribution in [0.2, 0.25) is 0 Å². The molecule has 8 rings (SSSR count). The number of hydrogen-bond acceptors (Lipinski definition) is 8. The molecule has 2 N–H and O–H groups in total. The van der Waals surface area contributed by atoms with E-state index in [1.807, 2.05) is 101 Å². The van der Waals surface area contributed by atoms with Gasteiger partial charge in [0.05, 0.1) is 54.9 Å². The number of fused-ring (bicyclic) bond motifs is 4. The molecule has 4 aliphatic rings. The summed E-state index contributed by atoms with van der Waals surface area (Å²) in [6.07, 6.45) is 9.59. The Kier molecular flexibility index (Phi) is 12.6. The van der Waals surface area contributed by atoms with Crippen molar-refractivity contribution in [1.29, 1.82) is 0 Å². The maximum absolute atomic E-state index is 13.6. The number of rotatable bonds is 9. The van der Waals surface area contributed by atoms with Crippen LogP contribution in [0.3, 0.4) is 0 Å². The largest absolute Gasteiger partial charge is 0.493 e. The summed E-state index contributed by atoms with van der Waals surface area (Å²) in [5.74, 6) is 1.47. The summed E-state index contributed by atoms with van der Waals surface area (Å²) in [6.45, 7) is 9.34. The van der Waals surface area contributed by atoms with E-state index < -0.39 is 0 Å². The fraction of sp³-hybridized carbons (Fsp3) is 0.289. The number of nitrogens with two attached hydrogens (primary N) is 1. The Bertz CT molecular complexity index is 2130. The lowest BCUT2D eigenvalue weighted by atomic mass is 10.0. The summed E-state index contributed by atoms with van der Waals surface area (Å²) in [4.78, 5) is 40.2. The Hall–Kier alpha value is -6.00. The lowest BCUT2D eigenvalue weighted by Gasteiger charge is -2.19. The van der Waals surface area contributed by atoms with Gasteiger partial charge in [-0.15, -0.1) is 0 Å². The number of aryl methyl sites for hydroxylation is 1. The van der Waals surface area contributed by atoms with Crippen molar-refractivity contribution >= 4 is 46.8 Å². The molecule has 2 atom stereocenters. The molecule has 0 unspecified atom stereocenters. The zero-order chi connectivity index (χ0) is 38.9. The third-order valence-corrected chi connectivity index (χ3v) is 9.53. The van der Waals surface area contributed by atoms with Crippen molar-refractivity contribution in [1.82, 2.24) is 9.80 Å². The van der Waals surface area contributed by atoms with Crippen molar-refractivity contribution in [3.8, 4) is 17.2 Å². The summed E-state index contributed by atoms with van der Waals surface area (Å²) >= 11 is 0. The topological polar surface area (TPSA) is 119 Å². The molecule has 0 radical (unpaired) electrons. The maximum Gasteiger partial charge on any atom is 0.260 e. The fourth-order valence-electron chi connectivity index (χ4n) is 6.88. The number of hydrogen-bond donors (Lipinski definition) is 1. The van der Waals surface area contributed by atoms with E-state index in [4.69, 9.17) is 29.9 Å². The normalized spacial score (nSPS) is 17.5. The monoisotopic (exact) mass is 739 g/mol.